The molecule has 5 heteroatoms. The van der Waals surface area contributed by atoms with Gasteiger partial charge in [-0.25, -0.2) is 0 Å². The van der Waals surface area contributed by atoms with Crippen LogP contribution in [-0.4, -0.2) is 49.2 Å². The molecule has 2 heterocycles. The number of fused-ring (bicyclic) bond motifs is 1. The summed E-state index contributed by atoms with van der Waals surface area (Å²) in [5.41, 5.74) is 0. The molecule has 2 aliphatic rings. The molecule has 4 unspecified atom stereocenters. The smallest absolute Gasteiger partial charge is 0.186 e. The maximum absolute atomic E-state index is 9.79. The lowest BCUT2D eigenvalue weighted by atomic mass is 10.1. The first-order chi connectivity index (χ1) is 6.53. The average Bonchev–Trinajstić information content (AvgIpc) is 2.42. The van der Waals surface area contributed by atoms with Gasteiger partial charge in [-0.05, 0) is 13.8 Å². The van der Waals surface area contributed by atoms with Crippen molar-refractivity contribution >= 4 is 0 Å². The molecule has 0 bridgehead atoms. The summed E-state index contributed by atoms with van der Waals surface area (Å²) < 4.78 is 21.3. The summed E-state index contributed by atoms with van der Waals surface area (Å²) in [6, 6.07) is 0. The molecule has 0 radical (unpaired) electrons. The highest BCUT2D eigenvalue weighted by molar-refractivity contribution is 4.91. The second-order valence-corrected chi connectivity index (χ2v) is 4.06. The number of hydrogen-bond donors (Lipinski definition) is 1. The van der Waals surface area contributed by atoms with Gasteiger partial charge >= 0.3 is 0 Å². The molecule has 0 spiro atoms. The van der Waals surface area contributed by atoms with Crippen LogP contribution in [0.3, 0.4) is 0 Å². The molecule has 0 amide bonds. The average molecular weight is 204 g/mol. The van der Waals surface area contributed by atoms with Crippen molar-refractivity contribution in [3.63, 3.8) is 0 Å². The monoisotopic (exact) mass is 204 g/mol. The van der Waals surface area contributed by atoms with Crippen LogP contribution in [0.2, 0.25) is 0 Å². The molecule has 5 nitrogen and oxygen atoms in total. The van der Waals surface area contributed by atoms with Crippen LogP contribution in [0.5, 0.6) is 0 Å². The topological polar surface area (TPSA) is 57.2 Å². The first kappa shape index (κ1) is 10.3. The lowest BCUT2D eigenvalue weighted by Gasteiger charge is -2.37. The van der Waals surface area contributed by atoms with E-state index in [4.69, 9.17) is 18.9 Å². The van der Waals surface area contributed by atoms with Crippen molar-refractivity contribution in [2.75, 3.05) is 13.7 Å². The fourth-order valence-electron chi connectivity index (χ4n) is 1.82. The minimum Gasteiger partial charge on any atom is -0.385 e. The first-order valence-corrected chi connectivity index (χ1v) is 4.71. The van der Waals surface area contributed by atoms with E-state index < -0.39 is 18.2 Å². The summed E-state index contributed by atoms with van der Waals surface area (Å²) in [5.74, 6) is -0.659. The number of hydrogen-bond acceptors (Lipinski definition) is 5. The van der Waals surface area contributed by atoms with Crippen LogP contribution in [0.15, 0.2) is 0 Å². The Morgan fingerprint density at radius 2 is 2.14 bits per heavy atom. The van der Waals surface area contributed by atoms with E-state index in [0.717, 1.165) is 0 Å². The van der Waals surface area contributed by atoms with Gasteiger partial charge in [0.15, 0.2) is 12.1 Å². The number of rotatable bonds is 1. The third kappa shape index (κ3) is 1.66. The lowest BCUT2D eigenvalue weighted by Crippen LogP contribution is -2.50. The van der Waals surface area contributed by atoms with Gasteiger partial charge in [0.2, 0.25) is 0 Å². The van der Waals surface area contributed by atoms with Crippen LogP contribution in [0.25, 0.3) is 0 Å². The molecule has 0 aromatic rings. The SMILES string of the molecule is COC1OC2COC(C)(C)OC2C1O. The molecule has 0 aromatic heterocycles. The molecule has 2 aliphatic heterocycles. The van der Waals surface area contributed by atoms with Crippen molar-refractivity contribution in [3.8, 4) is 0 Å². The molecular weight excluding hydrogens is 188 g/mol. The van der Waals surface area contributed by atoms with Crippen molar-refractivity contribution in [1.29, 1.82) is 0 Å². The molecule has 1 N–H and O–H groups in total. The molecule has 0 saturated carbocycles. The van der Waals surface area contributed by atoms with Crippen molar-refractivity contribution in [2.45, 2.75) is 44.2 Å². The Hall–Kier alpha value is -0.200. The Morgan fingerprint density at radius 3 is 2.79 bits per heavy atom. The van der Waals surface area contributed by atoms with Crippen LogP contribution in [0.4, 0.5) is 0 Å². The minimum atomic E-state index is -0.742. The summed E-state index contributed by atoms with van der Waals surface area (Å²) in [6.45, 7) is 4.06. The van der Waals surface area contributed by atoms with Gasteiger partial charge in [-0.15, -0.1) is 0 Å². The molecule has 0 aliphatic carbocycles. The standard InChI is InChI=1S/C9H16O5/c1-9(2)12-4-5-7(14-9)6(10)8(11-3)13-5/h5-8,10H,4H2,1-3H3. The van der Waals surface area contributed by atoms with Gasteiger partial charge in [0, 0.05) is 7.11 Å². The Balaban J connectivity index is 2.07. The van der Waals surface area contributed by atoms with Crippen LogP contribution in [0, 0.1) is 0 Å². The van der Waals surface area contributed by atoms with E-state index in [1.807, 2.05) is 13.8 Å². The maximum Gasteiger partial charge on any atom is 0.186 e. The third-order valence-corrected chi connectivity index (χ3v) is 2.54. The fraction of sp³-hybridized carbons (Fsp3) is 1.00. The maximum atomic E-state index is 9.79. The Kier molecular flexibility index (Phi) is 2.53. The van der Waals surface area contributed by atoms with Gasteiger partial charge in [0.25, 0.3) is 0 Å². The van der Waals surface area contributed by atoms with Crippen molar-refractivity contribution in [1.82, 2.24) is 0 Å². The summed E-state index contributed by atoms with van der Waals surface area (Å²) in [5, 5.41) is 9.79. The zero-order valence-electron chi connectivity index (χ0n) is 8.60. The molecule has 82 valence electrons. The van der Waals surface area contributed by atoms with E-state index in [1.165, 1.54) is 7.11 Å². The zero-order valence-corrected chi connectivity index (χ0v) is 8.60. The van der Waals surface area contributed by atoms with E-state index in [2.05, 4.69) is 0 Å². The number of aliphatic hydroxyl groups is 1. The summed E-state index contributed by atoms with van der Waals surface area (Å²) in [4.78, 5) is 0. The molecule has 0 aromatic carbocycles. The van der Waals surface area contributed by atoms with Gasteiger partial charge in [-0.3, -0.25) is 0 Å². The molecular formula is C9H16O5. The second-order valence-electron chi connectivity index (χ2n) is 4.06. The van der Waals surface area contributed by atoms with E-state index in [0.29, 0.717) is 6.61 Å². The Bertz CT molecular complexity index is 215. The summed E-state index contributed by atoms with van der Waals surface area (Å²) in [6.07, 6.45) is -1.94. The van der Waals surface area contributed by atoms with Crippen molar-refractivity contribution in [2.24, 2.45) is 0 Å². The molecule has 14 heavy (non-hydrogen) atoms. The highest BCUT2D eigenvalue weighted by Gasteiger charge is 2.50. The fourth-order valence-corrected chi connectivity index (χ4v) is 1.82. The van der Waals surface area contributed by atoms with Crippen molar-refractivity contribution in [3.05, 3.63) is 0 Å². The zero-order chi connectivity index (χ0) is 10.3. The van der Waals surface area contributed by atoms with E-state index >= 15 is 0 Å². The summed E-state index contributed by atoms with van der Waals surface area (Å²) in [7, 11) is 1.50. The Morgan fingerprint density at radius 1 is 1.43 bits per heavy atom. The van der Waals surface area contributed by atoms with Crippen LogP contribution in [-0.2, 0) is 18.9 Å². The predicted molar refractivity (Wildman–Crippen MR) is 46.6 cm³/mol. The highest BCUT2D eigenvalue weighted by Crippen LogP contribution is 2.33. The quantitative estimate of drug-likeness (QED) is 0.644. The number of methoxy groups -OCH3 is 1. The van der Waals surface area contributed by atoms with Gasteiger partial charge < -0.3 is 24.1 Å². The van der Waals surface area contributed by atoms with E-state index in [1.54, 1.807) is 0 Å². The number of aliphatic hydroxyl groups excluding tert-OH is 1. The van der Waals surface area contributed by atoms with Crippen LogP contribution >= 0.6 is 0 Å². The Labute approximate surface area is 82.9 Å². The third-order valence-electron chi connectivity index (χ3n) is 2.54. The lowest BCUT2D eigenvalue weighted by molar-refractivity contribution is -0.300. The van der Waals surface area contributed by atoms with Crippen molar-refractivity contribution < 1.29 is 24.1 Å². The van der Waals surface area contributed by atoms with Gasteiger partial charge in [0.1, 0.15) is 18.3 Å². The number of ether oxygens (including phenoxy) is 4. The molecule has 2 saturated heterocycles. The minimum absolute atomic E-state index is 0.233. The van der Waals surface area contributed by atoms with Gasteiger partial charge in [-0.2, -0.15) is 0 Å². The molecule has 2 rings (SSSR count). The van der Waals surface area contributed by atoms with Crippen LogP contribution in [0.1, 0.15) is 13.8 Å². The van der Waals surface area contributed by atoms with Crippen LogP contribution < -0.4 is 0 Å². The predicted octanol–water partition coefficient (Wildman–Crippen LogP) is -0.130. The molecule has 2 fully saturated rings. The highest BCUT2D eigenvalue weighted by atomic mass is 16.8. The van der Waals surface area contributed by atoms with Gasteiger partial charge in [0.05, 0.1) is 6.61 Å². The van der Waals surface area contributed by atoms with E-state index in [-0.39, 0.29) is 12.2 Å². The summed E-state index contributed by atoms with van der Waals surface area (Å²) >= 11 is 0. The first-order valence-electron chi connectivity index (χ1n) is 4.71. The largest absolute Gasteiger partial charge is 0.385 e. The molecule has 4 atom stereocenters. The second kappa shape index (κ2) is 3.43. The normalized spacial score (nSPS) is 46.3. The van der Waals surface area contributed by atoms with Gasteiger partial charge in [-0.1, -0.05) is 0 Å². The van der Waals surface area contributed by atoms with E-state index in [9.17, 15) is 5.11 Å².